The second kappa shape index (κ2) is 7.14. The van der Waals surface area contributed by atoms with E-state index >= 15 is 0 Å². The molecule has 2 N–H and O–H groups in total. The average molecular weight is 285 g/mol. The summed E-state index contributed by atoms with van der Waals surface area (Å²) in [7, 11) is 1.66. The Bertz CT molecular complexity index is 608. The molecular weight excluding hydrogens is 262 g/mol. The molecule has 2 rings (SSSR count). The van der Waals surface area contributed by atoms with Gasteiger partial charge in [-0.05, 0) is 61.7 Å². The Morgan fingerprint density at radius 1 is 1.00 bits per heavy atom. The van der Waals surface area contributed by atoms with Crippen LogP contribution in [0.15, 0.2) is 36.4 Å². The molecule has 0 spiro atoms. The molecule has 0 aliphatic rings. The zero-order valence-corrected chi connectivity index (χ0v) is 13.0. The summed E-state index contributed by atoms with van der Waals surface area (Å²) in [5.74, 6) is 1.71. The van der Waals surface area contributed by atoms with Gasteiger partial charge >= 0.3 is 0 Å². The molecule has 0 saturated carbocycles. The number of nitrogens with two attached hydrogens (primary N) is 1. The van der Waals surface area contributed by atoms with Crippen molar-refractivity contribution >= 4 is 0 Å². The summed E-state index contributed by atoms with van der Waals surface area (Å²) >= 11 is 0. The highest BCUT2D eigenvalue weighted by atomic mass is 16.5. The first-order valence-corrected chi connectivity index (χ1v) is 7.20. The fourth-order valence-electron chi connectivity index (χ4n) is 2.29. The number of hydrogen-bond donors (Lipinski definition) is 1. The molecule has 3 heteroatoms. The van der Waals surface area contributed by atoms with Gasteiger partial charge in [0, 0.05) is 0 Å². The van der Waals surface area contributed by atoms with E-state index in [1.165, 1.54) is 16.7 Å². The fraction of sp³-hybridized carbons (Fsp3) is 0.333. The smallest absolute Gasteiger partial charge is 0.123 e. The SMILES string of the molecule is COc1ccc(OCc2cc(C)ccc2C)c(CCN)c1. The second-order valence-corrected chi connectivity index (χ2v) is 5.23. The third-order valence-corrected chi connectivity index (χ3v) is 3.57. The van der Waals surface area contributed by atoms with E-state index in [0.717, 1.165) is 23.5 Å². The highest BCUT2D eigenvalue weighted by Gasteiger charge is 2.07. The molecule has 0 aliphatic carbocycles. The lowest BCUT2D eigenvalue weighted by Crippen LogP contribution is -2.06. The minimum absolute atomic E-state index is 0.567. The first kappa shape index (κ1) is 15.4. The van der Waals surface area contributed by atoms with Gasteiger partial charge < -0.3 is 15.2 Å². The van der Waals surface area contributed by atoms with E-state index < -0.39 is 0 Å². The normalized spacial score (nSPS) is 10.5. The fourth-order valence-corrected chi connectivity index (χ4v) is 2.29. The maximum Gasteiger partial charge on any atom is 0.123 e. The highest BCUT2D eigenvalue weighted by molar-refractivity contribution is 5.41. The number of ether oxygens (including phenoxy) is 2. The van der Waals surface area contributed by atoms with Crippen LogP contribution in [0.2, 0.25) is 0 Å². The molecule has 0 atom stereocenters. The molecule has 112 valence electrons. The molecule has 0 radical (unpaired) electrons. The van der Waals surface area contributed by atoms with Gasteiger partial charge in [0.2, 0.25) is 0 Å². The van der Waals surface area contributed by atoms with Crippen LogP contribution in [0, 0.1) is 13.8 Å². The standard InChI is InChI=1S/C18H23NO2/c1-13-4-5-14(2)16(10-13)12-21-18-7-6-17(20-3)11-15(18)8-9-19/h4-7,10-11H,8-9,12,19H2,1-3H3. The van der Waals surface area contributed by atoms with E-state index in [4.69, 9.17) is 15.2 Å². The monoisotopic (exact) mass is 285 g/mol. The average Bonchev–Trinajstić information content (AvgIpc) is 2.49. The van der Waals surface area contributed by atoms with Crippen molar-refractivity contribution in [3.05, 3.63) is 58.7 Å². The van der Waals surface area contributed by atoms with Crippen LogP contribution in [0.25, 0.3) is 0 Å². The molecule has 0 unspecified atom stereocenters. The molecule has 0 saturated heterocycles. The van der Waals surface area contributed by atoms with Crippen molar-refractivity contribution in [2.45, 2.75) is 26.9 Å². The maximum absolute atomic E-state index is 6.00. The third kappa shape index (κ3) is 3.99. The first-order valence-electron chi connectivity index (χ1n) is 7.20. The molecule has 0 aliphatic heterocycles. The van der Waals surface area contributed by atoms with E-state index in [0.29, 0.717) is 13.2 Å². The van der Waals surface area contributed by atoms with Gasteiger partial charge in [0.15, 0.2) is 0 Å². The predicted molar refractivity (Wildman–Crippen MR) is 86.0 cm³/mol. The van der Waals surface area contributed by atoms with Crippen molar-refractivity contribution in [2.75, 3.05) is 13.7 Å². The lowest BCUT2D eigenvalue weighted by Gasteiger charge is -2.14. The van der Waals surface area contributed by atoms with Crippen LogP contribution in [0.3, 0.4) is 0 Å². The van der Waals surface area contributed by atoms with Gasteiger partial charge in [-0.15, -0.1) is 0 Å². The molecule has 3 nitrogen and oxygen atoms in total. The Hall–Kier alpha value is -2.00. The number of aryl methyl sites for hydroxylation is 2. The van der Waals surface area contributed by atoms with Crippen molar-refractivity contribution in [2.24, 2.45) is 5.73 Å². The zero-order valence-electron chi connectivity index (χ0n) is 13.0. The molecule has 2 aromatic rings. The van der Waals surface area contributed by atoms with Crippen molar-refractivity contribution in [3.63, 3.8) is 0 Å². The van der Waals surface area contributed by atoms with Gasteiger partial charge in [0.05, 0.1) is 7.11 Å². The van der Waals surface area contributed by atoms with Crippen LogP contribution >= 0.6 is 0 Å². The van der Waals surface area contributed by atoms with Gasteiger partial charge in [-0.2, -0.15) is 0 Å². The van der Waals surface area contributed by atoms with E-state index in [1.807, 2.05) is 18.2 Å². The minimum atomic E-state index is 0.567. The van der Waals surface area contributed by atoms with E-state index in [1.54, 1.807) is 7.11 Å². The summed E-state index contributed by atoms with van der Waals surface area (Å²) in [6, 6.07) is 12.3. The number of rotatable bonds is 6. The summed E-state index contributed by atoms with van der Waals surface area (Å²) in [5.41, 5.74) is 10.5. The quantitative estimate of drug-likeness (QED) is 0.884. The van der Waals surface area contributed by atoms with Gasteiger partial charge in [0.1, 0.15) is 18.1 Å². The summed E-state index contributed by atoms with van der Waals surface area (Å²) in [6.07, 6.45) is 0.777. The molecule has 0 heterocycles. The third-order valence-electron chi connectivity index (χ3n) is 3.57. The van der Waals surface area contributed by atoms with Crippen LogP contribution in [0.4, 0.5) is 0 Å². The number of methoxy groups -OCH3 is 1. The summed E-state index contributed by atoms with van der Waals surface area (Å²) in [4.78, 5) is 0. The van der Waals surface area contributed by atoms with Gasteiger partial charge in [0.25, 0.3) is 0 Å². The van der Waals surface area contributed by atoms with Crippen molar-refractivity contribution in [3.8, 4) is 11.5 Å². The minimum Gasteiger partial charge on any atom is -0.497 e. The lowest BCUT2D eigenvalue weighted by molar-refractivity contribution is 0.301. The summed E-state index contributed by atoms with van der Waals surface area (Å²) < 4.78 is 11.3. The Kier molecular flexibility index (Phi) is 5.23. The second-order valence-electron chi connectivity index (χ2n) is 5.23. The van der Waals surface area contributed by atoms with Crippen LogP contribution in [-0.2, 0) is 13.0 Å². The molecular formula is C18H23NO2. The summed E-state index contributed by atoms with van der Waals surface area (Å²) in [5, 5.41) is 0. The zero-order chi connectivity index (χ0) is 15.2. The van der Waals surface area contributed by atoms with Crippen molar-refractivity contribution < 1.29 is 9.47 Å². The Balaban J connectivity index is 2.17. The van der Waals surface area contributed by atoms with E-state index in [-0.39, 0.29) is 0 Å². The maximum atomic E-state index is 6.00. The number of hydrogen-bond acceptors (Lipinski definition) is 3. The van der Waals surface area contributed by atoms with Crippen molar-refractivity contribution in [1.29, 1.82) is 0 Å². The van der Waals surface area contributed by atoms with Gasteiger partial charge in [-0.3, -0.25) is 0 Å². The molecule has 21 heavy (non-hydrogen) atoms. The Labute approximate surface area is 126 Å². The molecule has 0 amide bonds. The van der Waals surface area contributed by atoms with Crippen molar-refractivity contribution in [1.82, 2.24) is 0 Å². The molecule has 0 aromatic heterocycles. The van der Waals surface area contributed by atoms with Gasteiger partial charge in [-0.25, -0.2) is 0 Å². The predicted octanol–water partition coefficient (Wildman–Crippen LogP) is 3.39. The van der Waals surface area contributed by atoms with Crippen LogP contribution in [0.1, 0.15) is 22.3 Å². The topological polar surface area (TPSA) is 44.5 Å². The van der Waals surface area contributed by atoms with Crippen LogP contribution in [-0.4, -0.2) is 13.7 Å². The van der Waals surface area contributed by atoms with E-state index in [9.17, 15) is 0 Å². The molecule has 0 bridgehead atoms. The van der Waals surface area contributed by atoms with Gasteiger partial charge in [-0.1, -0.05) is 23.8 Å². The van der Waals surface area contributed by atoms with E-state index in [2.05, 4.69) is 32.0 Å². The number of benzene rings is 2. The first-order chi connectivity index (χ1) is 10.1. The molecule has 2 aromatic carbocycles. The largest absolute Gasteiger partial charge is 0.497 e. The van der Waals surface area contributed by atoms with Crippen LogP contribution < -0.4 is 15.2 Å². The molecule has 0 fully saturated rings. The Morgan fingerprint density at radius 2 is 1.81 bits per heavy atom. The van der Waals surface area contributed by atoms with Crippen LogP contribution in [0.5, 0.6) is 11.5 Å². The highest BCUT2D eigenvalue weighted by Crippen LogP contribution is 2.25. The Morgan fingerprint density at radius 3 is 2.52 bits per heavy atom. The summed E-state index contributed by atoms with van der Waals surface area (Å²) in [6.45, 7) is 5.35. The lowest BCUT2D eigenvalue weighted by atomic mass is 10.1.